The van der Waals surface area contributed by atoms with Crippen LogP contribution in [0.15, 0.2) is 0 Å². The molecule has 0 saturated heterocycles. The van der Waals surface area contributed by atoms with Crippen molar-refractivity contribution in [3.05, 3.63) is 0 Å². The molecule has 3 N–H and O–H groups in total. The number of esters is 4. The Morgan fingerprint density at radius 2 is 0.545 bits per heavy atom. The third-order valence-electron chi connectivity index (χ3n) is 16.2. The predicted octanol–water partition coefficient (Wildman–Crippen LogP) is 19.3. The van der Waals surface area contributed by atoms with E-state index in [0.717, 1.165) is 120 Å². The van der Waals surface area contributed by atoms with Gasteiger partial charge in [0.15, 0.2) is 12.2 Å². The van der Waals surface area contributed by atoms with Gasteiger partial charge in [0.1, 0.15) is 19.3 Å². The van der Waals surface area contributed by atoms with Gasteiger partial charge in [0.2, 0.25) is 0 Å². The van der Waals surface area contributed by atoms with Crippen molar-refractivity contribution in [2.45, 2.75) is 356 Å². The van der Waals surface area contributed by atoms with Gasteiger partial charge < -0.3 is 33.8 Å². The van der Waals surface area contributed by atoms with Crippen LogP contribution in [0.1, 0.15) is 338 Å². The molecule has 17 nitrogen and oxygen atoms in total. The summed E-state index contributed by atoms with van der Waals surface area (Å²) in [6.07, 6.45) is 40.4. The van der Waals surface area contributed by atoms with E-state index in [0.29, 0.717) is 31.6 Å². The molecule has 0 amide bonds. The SMILES string of the molecule is CCC(C)CCCCCCCCC(=O)OC[C@H](COP(=O)(O)OC[C@H](O)COP(=O)(O)OC[C@@H](COC(=O)CCCCCCCCCC(C)C)OC(=O)CCCCCCCCCCCCCCCC(C)C)OC(=O)CCCCCCCCCCCC(C)C. The number of carbonyl (C=O) groups excluding carboxylic acids is 4. The highest BCUT2D eigenvalue weighted by atomic mass is 31.2. The highest BCUT2D eigenvalue weighted by Gasteiger charge is 2.30. The fraction of sp³-hybridized carbons (Fsp3) is 0.942. The van der Waals surface area contributed by atoms with Crippen molar-refractivity contribution in [1.82, 2.24) is 0 Å². The summed E-state index contributed by atoms with van der Waals surface area (Å²) in [6.45, 7) is 14.0. The Balaban J connectivity index is 5.24. The Morgan fingerprint density at radius 1 is 0.318 bits per heavy atom. The number of carbonyl (C=O) groups is 4. The third-order valence-corrected chi connectivity index (χ3v) is 18.1. The molecule has 0 bridgehead atoms. The molecule has 0 radical (unpaired) electrons. The smallest absolute Gasteiger partial charge is 0.462 e. The van der Waals surface area contributed by atoms with E-state index in [1.807, 2.05) is 0 Å². The standard InChI is InChI=1S/C69H134O17P2/c1-9-62(8)48-40-32-27-28-34-42-50-67(72)80-56-65(86-69(74)52-44-36-25-19-15-17-22-30-38-46-60(4)5)58-84-88(77,78)82-54-63(70)53-81-87(75,76)83-57-64(55-79-66(71)49-41-33-26-20-23-31-39-47-61(6)7)85-68(73)51-43-35-24-18-14-12-10-11-13-16-21-29-37-45-59(2)3/h59-65,70H,9-58H2,1-8H3,(H,75,76)(H,77,78)/t62?,63-,64-,65-/m1/s1. The molecular formula is C69H134O17P2. The summed E-state index contributed by atoms with van der Waals surface area (Å²) in [5.41, 5.74) is 0. The van der Waals surface area contributed by atoms with Crippen LogP contribution in [0.4, 0.5) is 0 Å². The van der Waals surface area contributed by atoms with Gasteiger partial charge in [-0.1, -0.05) is 287 Å². The number of phosphoric acid groups is 2. The van der Waals surface area contributed by atoms with E-state index in [4.69, 9.17) is 37.0 Å². The zero-order valence-electron chi connectivity index (χ0n) is 57.3. The number of rotatable bonds is 66. The molecule has 0 heterocycles. The summed E-state index contributed by atoms with van der Waals surface area (Å²) < 4.78 is 68.2. The highest BCUT2D eigenvalue weighted by molar-refractivity contribution is 7.47. The second-order valence-electron chi connectivity index (χ2n) is 26.6. The molecule has 0 aliphatic heterocycles. The first-order valence-corrected chi connectivity index (χ1v) is 38.7. The molecule has 0 aromatic rings. The van der Waals surface area contributed by atoms with Gasteiger partial charge in [-0.25, -0.2) is 9.13 Å². The fourth-order valence-electron chi connectivity index (χ4n) is 10.3. The van der Waals surface area contributed by atoms with Crippen LogP contribution in [0.5, 0.6) is 0 Å². The van der Waals surface area contributed by atoms with Crippen LogP contribution < -0.4 is 0 Å². The van der Waals surface area contributed by atoms with Crippen molar-refractivity contribution < 1.29 is 80.2 Å². The van der Waals surface area contributed by atoms with Crippen molar-refractivity contribution in [2.75, 3.05) is 39.6 Å². The van der Waals surface area contributed by atoms with Gasteiger partial charge in [0.05, 0.1) is 26.4 Å². The largest absolute Gasteiger partial charge is 0.472 e. The zero-order valence-corrected chi connectivity index (χ0v) is 59.1. The normalized spacial score (nSPS) is 14.6. The van der Waals surface area contributed by atoms with Crippen molar-refractivity contribution in [3.63, 3.8) is 0 Å². The van der Waals surface area contributed by atoms with Gasteiger partial charge in [-0.05, 0) is 49.4 Å². The lowest BCUT2D eigenvalue weighted by atomic mass is 10.00. The van der Waals surface area contributed by atoms with Gasteiger partial charge in [-0.3, -0.25) is 37.3 Å². The molecule has 0 spiro atoms. The Hall–Kier alpha value is -1.94. The van der Waals surface area contributed by atoms with Crippen LogP contribution in [-0.2, 0) is 65.4 Å². The topological polar surface area (TPSA) is 237 Å². The van der Waals surface area contributed by atoms with E-state index in [1.54, 1.807) is 0 Å². The molecular weight excluding hydrogens is 1160 g/mol. The van der Waals surface area contributed by atoms with E-state index in [1.165, 1.54) is 128 Å². The van der Waals surface area contributed by atoms with Crippen molar-refractivity contribution >= 4 is 39.5 Å². The number of ether oxygens (including phenoxy) is 4. The fourth-order valence-corrected chi connectivity index (χ4v) is 11.9. The predicted molar refractivity (Wildman–Crippen MR) is 354 cm³/mol. The number of aliphatic hydroxyl groups is 1. The van der Waals surface area contributed by atoms with E-state index in [9.17, 15) is 43.2 Å². The second-order valence-corrected chi connectivity index (χ2v) is 29.5. The quantitative estimate of drug-likeness (QED) is 0.0222. The van der Waals surface area contributed by atoms with E-state index < -0.39 is 97.5 Å². The minimum absolute atomic E-state index is 0.104. The lowest BCUT2D eigenvalue weighted by Gasteiger charge is -2.21. The number of hydrogen-bond donors (Lipinski definition) is 3. The molecule has 0 aliphatic carbocycles. The van der Waals surface area contributed by atoms with E-state index in [2.05, 4.69) is 55.4 Å². The Kier molecular flexibility index (Phi) is 57.6. The first-order valence-electron chi connectivity index (χ1n) is 35.7. The Bertz CT molecular complexity index is 1750. The van der Waals surface area contributed by atoms with Crippen LogP contribution >= 0.6 is 15.6 Å². The molecule has 0 aliphatic rings. The van der Waals surface area contributed by atoms with Crippen molar-refractivity contribution in [2.24, 2.45) is 23.7 Å². The molecule has 0 rings (SSSR count). The molecule has 0 saturated carbocycles. The maximum Gasteiger partial charge on any atom is 0.472 e. The van der Waals surface area contributed by atoms with E-state index in [-0.39, 0.29) is 25.7 Å². The summed E-state index contributed by atoms with van der Waals surface area (Å²) in [6, 6.07) is 0. The molecule has 19 heteroatoms. The number of phosphoric ester groups is 2. The average molecular weight is 1300 g/mol. The lowest BCUT2D eigenvalue weighted by Crippen LogP contribution is -2.30. The number of hydrogen-bond acceptors (Lipinski definition) is 15. The van der Waals surface area contributed by atoms with Crippen LogP contribution in [0.2, 0.25) is 0 Å². The van der Waals surface area contributed by atoms with E-state index >= 15 is 0 Å². The van der Waals surface area contributed by atoms with Gasteiger partial charge in [-0.15, -0.1) is 0 Å². The summed E-state index contributed by atoms with van der Waals surface area (Å²) in [4.78, 5) is 72.5. The summed E-state index contributed by atoms with van der Waals surface area (Å²) >= 11 is 0. The summed E-state index contributed by atoms with van der Waals surface area (Å²) in [5, 5.41) is 10.6. The maximum absolute atomic E-state index is 13.0. The van der Waals surface area contributed by atoms with Crippen LogP contribution in [0, 0.1) is 23.7 Å². The summed E-state index contributed by atoms with van der Waals surface area (Å²) in [5.74, 6) is 0.826. The minimum atomic E-state index is -4.95. The monoisotopic (exact) mass is 1300 g/mol. The molecule has 522 valence electrons. The Labute approximate surface area is 537 Å². The average Bonchev–Trinajstić information content (AvgIpc) is 3.70. The first-order chi connectivity index (χ1) is 42.1. The molecule has 0 aromatic carbocycles. The van der Waals surface area contributed by atoms with Crippen LogP contribution in [-0.4, -0.2) is 96.7 Å². The first kappa shape index (κ1) is 86.1. The summed E-state index contributed by atoms with van der Waals surface area (Å²) in [7, 11) is -9.90. The molecule has 0 fully saturated rings. The van der Waals surface area contributed by atoms with Gasteiger partial charge >= 0.3 is 39.5 Å². The van der Waals surface area contributed by atoms with Crippen LogP contribution in [0.25, 0.3) is 0 Å². The van der Waals surface area contributed by atoms with Crippen molar-refractivity contribution in [3.8, 4) is 0 Å². The van der Waals surface area contributed by atoms with Gasteiger partial charge in [0.25, 0.3) is 0 Å². The Morgan fingerprint density at radius 3 is 0.807 bits per heavy atom. The highest BCUT2D eigenvalue weighted by Crippen LogP contribution is 2.45. The van der Waals surface area contributed by atoms with Crippen molar-refractivity contribution in [1.29, 1.82) is 0 Å². The number of aliphatic hydroxyl groups excluding tert-OH is 1. The third kappa shape index (κ3) is 61.6. The lowest BCUT2D eigenvalue weighted by molar-refractivity contribution is -0.161. The van der Waals surface area contributed by atoms with Crippen LogP contribution in [0.3, 0.4) is 0 Å². The zero-order chi connectivity index (χ0) is 65.4. The number of unbranched alkanes of at least 4 members (excludes halogenated alkanes) is 31. The second kappa shape index (κ2) is 58.8. The van der Waals surface area contributed by atoms with Gasteiger partial charge in [0, 0.05) is 25.7 Å². The molecule has 88 heavy (non-hydrogen) atoms. The maximum atomic E-state index is 13.0. The minimum Gasteiger partial charge on any atom is -0.462 e. The molecule has 6 atom stereocenters. The van der Waals surface area contributed by atoms with Gasteiger partial charge in [-0.2, -0.15) is 0 Å². The molecule has 3 unspecified atom stereocenters. The molecule has 0 aromatic heterocycles.